The van der Waals surface area contributed by atoms with Gasteiger partial charge < -0.3 is 10.1 Å². The first kappa shape index (κ1) is 17.8. The molecule has 0 aromatic rings. The first-order valence-corrected chi connectivity index (χ1v) is 7.54. The molecular weight excluding hydrogens is 274 g/mol. The topological polar surface area (TPSA) is 98.8 Å². The minimum atomic E-state index is -3.63. The van der Waals surface area contributed by atoms with Gasteiger partial charge in [0.05, 0.1) is 18.9 Å². The predicted molar refractivity (Wildman–Crippen MR) is 69.3 cm³/mol. The van der Waals surface area contributed by atoms with E-state index in [2.05, 4.69) is 9.50 Å². The fraction of sp³-hybridized carbons (Fsp3) is 0.818. The first-order chi connectivity index (χ1) is 8.39. The molecule has 1 amide bonds. The van der Waals surface area contributed by atoms with Crippen molar-refractivity contribution >= 4 is 22.0 Å². The molecule has 8 heteroatoms. The Kier molecular flexibility index (Phi) is 6.44. The molecule has 0 bridgehead atoms. The van der Waals surface area contributed by atoms with E-state index in [1.807, 2.05) is 0 Å². The molecule has 1 N–H and O–H groups in total. The summed E-state index contributed by atoms with van der Waals surface area (Å²) >= 11 is 0. The van der Waals surface area contributed by atoms with Crippen LogP contribution in [0.4, 0.5) is 4.79 Å². The second-order valence-electron chi connectivity index (χ2n) is 5.24. The summed E-state index contributed by atoms with van der Waals surface area (Å²) in [6, 6.07) is -0.748. The van der Waals surface area contributed by atoms with E-state index in [4.69, 9.17) is 4.74 Å². The van der Waals surface area contributed by atoms with Crippen molar-refractivity contribution in [1.29, 1.82) is 0 Å². The summed E-state index contributed by atoms with van der Waals surface area (Å²) in [5, 5.41) is 2.41. The van der Waals surface area contributed by atoms with Gasteiger partial charge in [0, 0.05) is 6.42 Å². The molecule has 0 radical (unpaired) electrons. The van der Waals surface area contributed by atoms with Gasteiger partial charge in [0.2, 0.25) is 0 Å². The zero-order valence-corrected chi connectivity index (χ0v) is 12.7. The van der Waals surface area contributed by atoms with Gasteiger partial charge in [-0.3, -0.25) is 8.98 Å². The van der Waals surface area contributed by atoms with Crippen LogP contribution < -0.4 is 5.32 Å². The lowest BCUT2D eigenvalue weighted by molar-refractivity contribution is -0.117. The SMILES string of the molecule is CC(=O)C[C@@H](COS(C)(=O)=O)NC(=O)OC(C)(C)C. The van der Waals surface area contributed by atoms with Crippen molar-refractivity contribution < 1.29 is 26.9 Å². The van der Waals surface area contributed by atoms with Crippen LogP contribution in [0.15, 0.2) is 0 Å². The monoisotopic (exact) mass is 295 g/mol. The highest BCUT2D eigenvalue weighted by molar-refractivity contribution is 7.85. The van der Waals surface area contributed by atoms with Gasteiger partial charge in [-0.15, -0.1) is 0 Å². The van der Waals surface area contributed by atoms with Crippen LogP contribution in [0, 0.1) is 0 Å². The van der Waals surface area contributed by atoms with Crippen molar-refractivity contribution in [3.05, 3.63) is 0 Å². The van der Waals surface area contributed by atoms with Crippen molar-refractivity contribution in [3.8, 4) is 0 Å². The van der Waals surface area contributed by atoms with E-state index in [0.29, 0.717) is 0 Å². The average molecular weight is 295 g/mol. The van der Waals surface area contributed by atoms with Gasteiger partial charge in [0.15, 0.2) is 0 Å². The second kappa shape index (κ2) is 6.85. The number of ketones is 1. The maximum atomic E-state index is 11.5. The lowest BCUT2D eigenvalue weighted by Gasteiger charge is -2.22. The third kappa shape index (κ3) is 11.7. The lowest BCUT2D eigenvalue weighted by Crippen LogP contribution is -2.42. The molecule has 0 rings (SSSR count). The van der Waals surface area contributed by atoms with Gasteiger partial charge in [-0.25, -0.2) is 4.79 Å². The van der Waals surface area contributed by atoms with Crippen LogP contribution in [-0.4, -0.2) is 44.8 Å². The standard InChI is InChI=1S/C11H21NO6S/c1-8(13)6-9(7-17-19(5,15)16)12-10(14)18-11(2,3)4/h9H,6-7H2,1-5H3,(H,12,14)/t9-/m0/s1. The van der Waals surface area contributed by atoms with Gasteiger partial charge >= 0.3 is 6.09 Å². The normalized spacial score (nSPS) is 13.7. The largest absolute Gasteiger partial charge is 0.444 e. The number of carbonyl (C=O) groups is 2. The van der Waals surface area contributed by atoms with E-state index in [9.17, 15) is 18.0 Å². The number of hydrogen-bond donors (Lipinski definition) is 1. The molecule has 0 aliphatic rings. The second-order valence-corrected chi connectivity index (χ2v) is 6.88. The summed E-state index contributed by atoms with van der Waals surface area (Å²) in [5.74, 6) is -0.196. The van der Waals surface area contributed by atoms with Crippen LogP contribution in [0.5, 0.6) is 0 Å². The van der Waals surface area contributed by atoms with Gasteiger partial charge in [0.1, 0.15) is 11.4 Å². The summed E-state index contributed by atoms with van der Waals surface area (Å²) in [6.07, 6.45) is 0.135. The molecule has 0 aliphatic carbocycles. The lowest BCUT2D eigenvalue weighted by atomic mass is 10.1. The quantitative estimate of drug-likeness (QED) is 0.729. The fourth-order valence-electron chi connectivity index (χ4n) is 1.18. The number of carbonyl (C=O) groups excluding carboxylic acids is 2. The zero-order chi connectivity index (χ0) is 15.3. The number of Topliss-reactive ketones (excluding diaryl/α,β-unsaturated/α-hetero) is 1. The molecule has 0 aromatic heterocycles. The van der Waals surface area contributed by atoms with Crippen LogP contribution in [-0.2, 0) is 23.8 Å². The van der Waals surface area contributed by atoms with Gasteiger partial charge in [-0.2, -0.15) is 8.42 Å². The molecule has 0 fully saturated rings. The molecule has 0 spiro atoms. The molecule has 1 atom stereocenters. The number of amides is 1. The number of hydrogen-bond acceptors (Lipinski definition) is 6. The van der Waals surface area contributed by atoms with Crippen molar-refractivity contribution in [2.24, 2.45) is 0 Å². The Morgan fingerprint density at radius 1 is 1.26 bits per heavy atom. The summed E-state index contributed by atoms with van der Waals surface area (Å²) < 4.78 is 31.4. The van der Waals surface area contributed by atoms with Crippen LogP contribution >= 0.6 is 0 Å². The van der Waals surface area contributed by atoms with Crippen LogP contribution in [0.1, 0.15) is 34.1 Å². The van der Waals surface area contributed by atoms with Gasteiger partial charge in [-0.05, 0) is 27.7 Å². The molecule has 19 heavy (non-hydrogen) atoms. The van der Waals surface area contributed by atoms with Crippen molar-refractivity contribution in [2.75, 3.05) is 12.9 Å². The van der Waals surface area contributed by atoms with E-state index in [1.54, 1.807) is 20.8 Å². The van der Waals surface area contributed by atoms with Crippen molar-refractivity contribution in [2.45, 2.75) is 45.8 Å². The summed E-state index contributed by atoms with van der Waals surface area (Å²) in [5.41, 5.74) is -0.678. The molecule has 0 aliphatic heterocycles. The molecule has 0 heterocycles. The Morgan fingerprint density at radius 3 is 2.16 bits per heavy atom. The average Bonchev–Trinajstić information content (AvgIpc) is 2.08. The number of nitrogens with one attached hydrogen (secondary N) is 1. The number of alkyl carbamates (subject to hydrolysis) is 1. The predicted octanol–water partition coefficient (Wildman–Crippen LogP) is 0.835. The van der Waals surface area contributed by atoms with Crippen LogP contribution in [0.25, 0.3) is 0 Å². The molecule has 0 saturated carbocycles. The molecule has 0 unspecified atom stereocenters. The molecular formula is C11H21NO6S. The highest BCUT2D eigenvalue weighted by Crippen LogP contribution is 2.07. The summed E-state index contributed by atoms with van der Waals surface area (Å²) in [7, 11) is -3.63. The van der Waals surface area contributed by atoms with E-state index in [0.717, 1.165) is 6.26 Å². The Hall–Kier alpha value is -1.15. The minimum absolute atomic E-state index is 0.0330. The molecule has 112 valence electrons. The first-order valence-electron chi connectivity index (χ1n) is 5.72. The summed E-state index contributed by atoms with van der Waals surface area (Å²) in [4.78, 5) is 22.6. The Labute approximate surface area is 113 Å². The fourth-order valence-corrected chi connectivity index (χ4v) is 1.59. The van der Waals surface area contributed by atoms with E-state index >= 15 is 0 Å². The maximum Gasteiger partial charge on any atom is 0.407 e. The molecule has 0 aromatic carbocycles. The third-order valence-corrected chi connectivity index (χ3v) is 2.30. The van der Waals surface area contributed by atoms with E-state index < -0.39 is 27.9 Å². The van der Waals surface area contributed by atoms with E-state index in [-0.39, 0.29) is 18.8 Å². The van der Waals surface area contributed by atoms with Crippen molar-refractivity contribution in [1.82, 2.24) is 5.32 Å². The third-order valence-electron chi connectivity index (χ3n) is 1.74. The van der Waals surface area contributed by atoms with Gasteiger partial charge in [-0.1, -0.05) is 0 Å². The number of rotatable bonds is 6. The maximum absolute atomic E-state index is 11.5. The molecule has 7 nitrogen and oxygen atoms in total. The summed E-state index contributed by atoms with van der Waals surface area (Å²) in [6.45, 7) is 6.11. The Morgan fingerprint density at radius 2 is 1.79 bits per heavy atom. The highest BCUT2D eigenvalue weighted by atomic mass is 32.2. The minimum Gasteiger partial charge on any atom is -0.444 e. The van der Waals surface area contributed by atoms with Crippen LogP contribution in [0.3, 0.4) is 0 Å². The highest BCUT2D eigenvalue weighted by Gasteiger charge is 2.21. The Bertz CT molecular complexity index is 423. The zero-order valence-electron chi connectivity index (χ0n) is 11.8. The molecule has 0 saturated heterocycles. The Balaban J connectivity index is 4.51. The van der Waals surface area contributed by atoms with Crippen LogP contribution in [0.2, 0.25) is 0 Å². The van der Waals surface area contributed by atoms with E-state index in [1.165, 1.54) is 6.92 Å². The van der Waals surface area contributed by atoms with Crippen molar-refractivity contribution in [3.63, 3.8) is 0 Å². The van der Waals surface area contributed by atoms with Gasteiger partial charge in [0.25, 0.3) is 10.1 Å². The number of ether oxygens (including phenoxy) is 1. The smallest absolute Gasteiger partial charge is 0.407 e.